The van der Waals surface area contributed by atoms with E-state index in [0.29, 0.717) is 13.2 Å². The minimum absolute atomic E-state index is 0.368. The summed E-state index contributed by atoms with van der Waals surface area (Å²) in [6.07, 6.45) is 0. The first-order valence-electron chi connectivity index (χ1n) is 6.35. The Balaban J connectivity index is 4.10. The van der Waals surface area contributed by atoms with Crippen LogP contribution in [-0.2, 0) is 0 Å². The summed E-state index contributed by atoms with van der Waals surface area (Å²) in [6.45, 7) is 20.3. The van der Waals surface area contributed by atoms with Crippen molar-refractivity contribution in [1.82, 2.24) is 0 Å². The summed E-state index contributed by atoms with van der Waals surface area (Å²) in [5, 5.41) is 0. The first-order chi connectivity index (χ1) is 7.77. The van der Waals surface area contributed by atoms with Crippen molar-refractivity contribution in [2.45, 2.75) is 78.0 Å². The Labute approximate surface area is 127 Å². The van der Waals surface area contributed by atoms with Crippen LogP contribution in [0.5, 0.6) is 0 Å². The van der Waals surface area contributed by atoms with Crippen LogP contribution in [0.1, 0.15) is 55.4 Å². The fourth-order valence-electron chi connectivity index (χ4n) is 1.62. The molecule has 0 amide bonds. The van der Waals surface area contributed by atoms with Crippen LogP contribution in [0.2, 0.25) is 0 Å². The molecule has 0 saturated carbocycles. The van der Waals surface area contributed by atoms with Gasteiger partial charge in [0, 0.05) is 0 Å². The summed E-state index contributed by atoms with van der Waals surface area (Å²) in [5.74, 6) is 0. The second kappa shape index (κ2) is 10.2. The van der Waals surface area contributed by atoms with Crippen molar-refractivity contribution in [3.05, 3.63) is 0 Å². The number of hydrogen-bond acceptors (Lipinski definition) is 0. The quantitative estimate of drug-likeness (QED) is 0.365. The van der Waals surface area contributed by atoms with Crippen LogP contribution < -0.4 is 0 Å². The normalized spacial score (nSPS) is 13.1. The molecule has 0 rings (SSSR count). The van der Waals surface area contributed by atoms with E-state index in [2.05, 4.69) is 55.4 Å². The molecule has 0 nitrogen and oxygen atoms in total. The molecule has 0 spiro atoms. The zero-order valence-corrected chi connectivity index (χ0v) is 19.4. The maximum atomic E-state index is 2.45. The van der Waals surface area contributed by atoms with Crippen LogP contribution in [0.4, 0.5) is 0 Å². The van der Waals surface area contributed by atoms with Crippen molar-refractivity contribution >= 4 is 49.9 Å². The van der Waals surface area contributed by atoms with Gasteiger partial charge in [0.15, 0.2) is 0 Å². The molecule has 0 radical (unpaired) electrons. The standard InChI is InChI=1S/C12H28P2Se3/c1-9(2)13(10(3)4)15-17-16-14(11(5)6)12(7)8/h9-12H,1-8H3. The molecule has 0 aromatic carbocycles. The van der Waals surface area contributed by atoms with E-state index in [1.165, 1.54) is 0 Å². The van der Waals surface area contributed by atoms with Gasteiger partial charge in [0.2, 0.25) is 0 Å². The van der Waals surface area contributed by atoms with Gasteiger partial charge in [0.1, 0.15) is 0 Å². The number of rotatable bonds is 8. The molecule has 0 fully saturated rings. The van der Waals surface area contributed by atoms with Crippen LogP contribution >= 0.6 is 13.2 Å². The van der Waals surface area contributed by atoms with Crippen LogP contribution in [0.15, 0.2) is 0 Å². The Kier molecular flexibility index (Phi) is 11.6. The fraction of sp³-hybridized carbons (Fsp3) is 1.00. The summed E-state index contributed by atoms with van der Waals surface area (Å²) >= 11 is 3.05. The van der Waals surface area contributed by atoms with Crippen LogP contribution in [0.3, 0.4) is 0 Å². The van der Waals surface area contributed by atoms with Gasteiger partial charge in [-0.1, -0.05) is 0 Å². The molecular formula is C12H28P2Se3. The van der Waals surface area contributed by atoms with E-state index < -0.39 is 0 Å². The zero-order valence-electron chi connectivity index (χ0n) is 12.4. The van der Waals surface area contributed by atoms with E-state index in [-0.39, 0.29) is 0 Å². The van der Waals surface area contributed by atoms with E-state index in [9.17, 15) is 0 Å². The van der Waals surface area contributed by atoms with Gasteiger partial charge >= 0.3 is 128 Å². The predicted molar refractivity (Wildman–Crippen MR) is 91.6 cm³/mol. The topological polar surface area (TPSA) is 0 Å². The van der Waals surface area contributed by atoms with E-state index in [1.54, 1.807) is 0 Å². The first kappa shape index (κ1) is 19.4. The first-order valence-corrected chi connectivity index (χ1v) is 22.4. The molecule has 0 aromatic rings. The third-order valence-corrected chi connectivity index (χ3v) is 56.3. The third kappa shape index (κ3) is 8.33. The second-order valence-electron chi connectivity index (χ2n) is 5.31. The average molecular weight is 471 g/mol. The molecule has 104 valence electrons. The molecule has 0 saturated heterocycles. The SMILES string of the molecule is CC(C)P([Se][Se][Se]P(C(C)C)C(C)C)C(C)C. The molecule has 0 heterocycles. The molecule has 0 atom stereocenters. The van der Waals surface area contributed by atoms with Gasteiger partial charge in [0.05, 0.1) is 0 Å². The van der Waals surface area contributed by atoms with Crippen molar-refractivity contribution in [2.75, 3.05) is 0 Å². The maximum absolute atomic E-state index is 2.45. The van der Waals surface area contributed by atoms with Gasteiger partial charge in [-0.3, -0.25) is 0 Å². The van der Waals surface area contributed by atoms with Crippen molar-refractivity contribution in [3.63, 3.8) is 0 Å². The van der Waals surface area contributed by atoms with Gasteiger partial charge in [-0.15, -0.1) is 0 Å². The zero-order chi connectivity index (χ0) is 13.6. The van der Waals surface area contributed by atoms with Crippen LogP contribution in [0.25, 0.3) is 0 Å². The minimum atomic E-state index is 0.368. The second-order valence-corrected chi connectivity index (χ2v) is 37.6. The summed E-state index contributed by atoms with van der Waals surface area (Å²) in [4.78, 5) is 0. The summed E-state index contributed by atoms with van der Waals surface area (Å²) in [5.41, 5.74) is 3.86. The van der Waals surface area contributed by atoms with E-state index in [4.69, 9.17) is 0 Å². The molecule has 0 aliphatic carbocycles. The molecule has 5 heteroatoms. The molecule has 0 bridgehead atoms. The summed E-state index contributed by atoms with van der Waals surface area (Å²) in [6, 6.07) is 0. The van der Waals surface area contributed by atoms with Crippen LogP contribution in [-0.4, -0.2) is 59.3 Å². The predicted octanol–water partition coefficient (Wildman–Crippen LogP) is 4.36. The Morgan fingerprint density at radius 3 is 0.941 bits per heavy atom. The fourth-order valence-corrected chi connectivity index (χ4v) is 78.2. The molecule has 17 heavy (non-hydrogen) atoms. The Morgan fingerprint density at radius 2 is 0.765 bits per heavy atom. The third-order valence-electron chi connectivity index (χ3n) is 2.27. The molecule has 0 unspecified atom stereocenters. The Hall–Kier alpha value is 2.42. The van der Waals surface area contributed by atoms with Crippen molar-refractivity contribution in [1.29, 1.82) is 0 Å². The molecule has 0 aromatic heterocycles. The van der Waals surface area contributed by atoms with Crippen molar-refractivity contribution in [2.24, 2.45) is 0 Å². The molecule has 0 aliphatic heterocycles. The van der Waals surface area contributed by atoms with E-state index in [0.717, 1.165) is 59.3 Å². The molecule has 0 N–H and O–H groups in total. The van der Waals surface area contributed by atoms with Gasteiger partial charge in [-0.05, 0) is 0 Å². The Bertz CT molecular complexity index is 160. The van der Waals surface area contributed by atoms with E-state index >= 15 is 0 Å². The van der Waals surface area contributed by atoms with Gasteiger partial charge in [-0.2, -0.15) is 0 Å². The molecule has 0 aliphatic rings. The van der Waals surface area contributed by atoms with Crippen LogP contribution in [0, 0.1) is 0 Å². The number of hydrogen-bond donors (Lipinski definition) is 0. The van der Waals surface area contributed by atoms with Gasteiger partial charge < -0.3 is 0 Å². The van der Waals surface area contributed by atoms with E-state index in [1.807, 2.05) is 0 Å². The van der Waals surface area contributed by atoms with Gasteiger partial charge in [-0.25, -0.2) is 0 Å². The van der Waals surface area contributed by atoms with Crippen molar-refractivity contribution in [3.8, 4) is 0 Å². The Morgan fingerprint density at radius 1 is 0.529 bits per heavy atom. The molecular weight excluding hydrogens is 443 g/mol. The van der Waals surface area contributed by atoms with Gasteiger partial charge in [0.25, 0.3) is 0 Å². The van der Waals surface area contributed by atoms with Crippen molar-refractivity contribution < 1.29 is 0 Å². The summed E-state index contributed by atoms with van der Waals surface area (Å²) in [7, 11) is 0. The summed E-state index contributed by atoms with van der Waals surface area (Å²) < 4.78 is 0. The average Bonchev–Trinajstić information content (AvgIpc) is 2.14. The monoisotopic (exact) mass is 474 g/mol.